The molecule has 0 saturated carbocycles. The average Bonchev–Trinajstić information content (AvgIpc) is 2.67. The van der Waals surface area contributed by atoms with Gasteiger partial charge < -0.3 is 9.84 Å². The highest BCUT2D eigenvalue weighted by molar-refractivity contribution is 4.99. The summed E-state index contributed by atoms with van der Waals surface area (Å²) in [6, 6.07) is 1.89. The van der Waals surface area contributed by atoms with Gasteiger partial charge in [-0.2, -0.15) is 5.10 Å². The van der Waals surface area contributed by atoms with Crippen LogP contribution in [-0.2, 0) is 18.2 Å². The van der Waals surface area contributed by atoms with Crippen LogP contribution in [0.4, 0.5) is 8.78 Å². The molecular weight excluding hydrogens is 230 g/mol. The van der Waals surface area contributed by atoms with Crippen LogP contribution in [0.25, 0.3) is 0 Å². The van der Waals surface area contributed by atoms with Crippen molar-refractivity contribution in [3.8, 4) is 0 Å². The second kappa shape index (κ2) is 7.34. The van der Waals surface area contributed by atoms with Crippen LogP contribution in [0.5, 0.6) is 0 Å². The van der Waals surface area contributed by atoms with Crippen LogP contribution in [0.2, 0.25) is 0 Å². The largest absolute Gasteiger partial charge is 0.393 e. The SMILES string of the molecule is Cn1nccc1CCC(O)CCOCC(F)F. The number of nitrogens with zero attached hydrogens (tertiary/aromatic N) is 2. The Morgan fingerprint density at radius 2 is 2.24 bits per heavy atom. The first-order valence-electron chi connectivity index (χ1n) is 5.60. The number of hydrogen-bond acceptors (Lipinski definition) is 3. The maximum Gasteiger partial charge on any atom is 0.261 e. The average molecular weight is 248 g/mol. The van der Waals surface area contributed by atoms with Crippen molar-refractivity contribution in [1.29, 1.82) is 0 Å². The monoisotopic (exact) mass is 248 g/mol. The van der Waals surface area contributed by atoms with Crippen LogP contribution in [0.1, 0.15) is 18.5 Å². The zero-order valence-corrected chi connectivity index (χ0v) is 9.85. The molecule has 0 aliphatic rings. The topological polar surface area (TPSA) is 47.3 Å². The fourth-order valence-electron chi connectivity index (χ4n) is 1.50. The minimum Gasteiger partial charge on any atom is -0.393 e. The van der Waals surface area contributed by atoms with Gasteiger partial charge in [0.15, 0.2) is 0 Å². The fraction of sp³-hybridized carbons (Fsp3) is 0.727. The lowest BCUT2D eigenvalue weighted by molar-refractivity contribution is 0.00425. The summed E-state index contributed by atoms with van der Waals surface area (Å²) >= 11 is 0. The minimum absolute atomic E-state index is 0.164. The third-order valence-electron chi connectivity index (χ3n) is 2.50. The van der Waals surface area contributed by atoms with Crippen molar-refractivity contribution in [2.24, 2.45) is 7.05 Å². The molecule has 0 aliphatic heterocycles. The van der Waals surface area contributed by atoms with Gasteiger partial charge in [-0.25, -0.2) is 8.78 Å². The summed E-state index contributed by atoms with van der Waals surface area (Å²) in [7, 11) is 1.84. The van der Waals surface area contributed by atoms with Gasteiger partial charge >= 0.3 is 0 Å². The Balaban J connectivity index is 2.09. The van der Waals surface area contributed by atoms with E-state index in [0.29, 0.717) is 19.3 Å². The maximum atomic E-state index is 11.7. The molecule has 1 N–H and O–H groups in total. The predicted octanol–water partition coefficient (Wildman–Crippen LogP) is 1.39. The lowest BCUT2D eigenvalue weighted by atomic mass is 10.1. The van der Waals surface area contributed by atoms with Gasteiger partial charge in [0.1, 0.15) is 6.61 Å². The third kappa shape index (κ3) is 5.74. The van der Waals surface area contributed by atoms with Crippen LogP contribution < -0.4 is 0 Å². The summed E-state index contributed by atoms with van der Waals surface area (Å²) in [6.45, 7) is -0.397. The molecule has 4 nitrogen and oxygen atoms in total. The zero-order valence-electron chi connectivity index (χ0n) is 9.85. The minimum atomic E-state index is -2.44. The van der Waals surface area contributed by atoms with Crippen molar-refractivity contribution in [2.75, 3.05) is 13.2 Å². The highest BCUT2D eigenvalue weighted by Crippen LogP contribution is 2.06. The Bertz CT molecular complexity index is 318. The van der Waals surface area contributed by atoms with Gasteiger partial charge in [-0.1, -0.05) is 0 Å². The number of alkyl halides is 2. The molecule has 0 saturated heterocycles. The first kappa shape index (κ1) is 14.1. The normalized spacial score (nSPS) is 13.2. The molecule has 0 radical (unpaired) electrons. The summed E-state index contributed by atoms with van der Waals surface area (Å²) in [6.07, 6.45) is 0.409. The van der Waals surface area contributed by atoms with Crippen molar-refractivity contribution in [3.05, 3.63) is 18.0 Å². The van der Waals surface area contributed by atoms with Crippen LogP contribution in [0.15, 0.2) is 12.3 Å². The maximum absolute atomic E-state index is 11.7. The second-order valence-corrected chi connectivity index (χ2v) is 3.89. The zero-order chi connectivity index (χ0) is 12.7. The van der Waals surface area contributed by atoms with Crippen molar-refractivity contribution < 1.29 is 18.6 Å². The summed E-state index contributed by atoms with van der Waals surface area (Å²) in [5, 5.41) is 13.6. The fourth-order valence-corrected chi connectivity index (χ4v) is 1.50. The van der Waals surface area contributed by atoms with Crippen LogP contribution in [0, 0.1) is 0 Å². The van der Waals surface area contributed by atoms with E-state index in [2.05, 4.69) is 5.10 Å². The molecule has 1 rings (SSSR count). The molecule has 98 valence electrons. The Labute approximate surface area is 99.2 Å². The number of rotatable bonds is 8. The van der Waals surface area contributed by atoms with Gasteiger partial charge in [-0.3, -0.25) is 4.68 Å². The summed E-state index contributed by atoms with van der Waals surface area (Å²) in [5.41, 5.74) is 1.04. The first-order valence-corrected chi connectivity index (χ1v) is 5.60. The van der Waals surface area contributed by atoms with E-state index in [-0.39, 0.29) is 6.61 Å². The molecule has 17 heavy (non-hydrogen) atoms. The standard InChI is InChI=1S/C11H18F2N2O2/c1-15-9(4-6-14-15)2-3-10(16)5-7-17-8-11(12)13/h4,6,10-11,16H,2-3,5,7-8H2,1H3. The number of aryl methyl sites for hydroxylation is 2. The molecule has 1 aromatic rings. The quantitative estimate of drug-likeness (QED) is 0.707. The predicted molar refractivity (Wildman–Crippen MR) is 59.0 cm³/mol. The van der Waals surface area contributed by atoms with E-state index in [4.69, 9.17) is 4.74 Å². The van der Waals surface area contributed by atoms with Gasteiger partial charge in [-0.15, -0.1) is 0 Å². The molecule has 0 amide bonds. The van der Waals surface area contributed by atoms with E-state index >= 15 is 0 Å². The number of aliphatic hydroxyl groups excluding tert-OH is 1. The summed E-state index contributed by atoms with van der Waals surface area (Å²) < 4.78 is 29.9. The van der Waals surface area contributed by atoms with E-state index < -0.39 is 19.1 Å². The second-order valence-electron chi connectivity index (χ2n) is 3.89. The molecule has 0 fully saturated rings. The molecule has 1 heterocycles. The number of halogens is 2. The number of aromatic nitrogens is 2. The van der Waals surface area contributed by atoms with Crippen molar-refractivity contribution in [2.45, 2.75) is 31.8 Å². The highest BCUT2D eigenvalue weighted by atomic mass is 19.3. The lowest BCUT2D eigenvalue weighted by Crippen LogP contribution is -2.14. The molecular formula is C11H18F2N2O2. The van der Waals surface area contributed by atoms with Gasteiger partial charge in [0.25, 0.3) is 6.43 Å². The van der Waals surface area contributed by atoms with Crippen LogP contribution >= 0.6 is 0 Å². The van der Waals surface area contributed by atoms with Gasteiger partial charge in [0.05, 0.1) is 6.10 Å². The van der Waals surface area contributed by atoms with Gasteiger partial charge in [0, 0.05) is 25.5 Å². The van der Waals surface area contributed by atoms with Gasteiger partial charge in [0.2, 0.25) is 0 Å². The first-order chi connectivity index (χ1) is 8.09. The highest BCUT2D eigenvalue weighted by Gasteiger charge is 2.08. The van der Waals surface area contributed by atoms with Crippen molar-refractivity contribution >= 4 is 0 Å². The molecule has 0 spiro atoms. The van der Waals surface area contributed by atoms with Gasteiger partial charge in [-0.05, 0) is 25.3 Å². The number of hydrogen-bond donors (Lipinski definition) is 1. The Morgan fingerprint density at radius 3 is 2.82 bits per heavy atom. The summed E-state index contributed by atoms with van der Waals surface area (Å²) in [4.78, 5) is 0. The van der Waals surface area contributed by atoms with Crippen molar-refractivity contribution in [3.63, 3.8) is 0 Å². The molecule has 0 aliphatic carbocycles. The van der Waals surface area contributed by atoms with Crippen molar-refractivity contribution in [1.82, 2.24) is 9.78 Å². The van der Waals surface area contributed by atoms with E-state index in [1.165, 1.54) is 0 Å². The molecule has 1 atom stereocenters. The Morgan fingerprint density at radius 1 is 1.47 bits per heavy atom. The summed E-state index contributed by atoms with van der Waals surface area (Å²) in [5.74, 6) is 0. The van der Waals surface area contributed by atoms with Crippen LogP contribution in [-0.4, -0.2) is 40.6 Å². The van der Waals surface area contributed by atoms with E-state index in [1.54, 1.807) is 10.9 Å². The molecule has 6 heteroatoms. The Kier molecular flexibility index (Phi) is 6.07. The molecule has 1 unspecified atom stereocenters. The lowest BCUT2D eigenvalue weighted by Gasteiger charge is -2.10. The Hall–Kier alpha value is -1.01. The van der Waals surface area contributed by atoms with E-state index in [1.807, 2.05) is 13.1 Å². The van der Waals surface area contributed by atoms with Crippen LogP contribution in [0.3, 0.4) is 0 Å². The molecule has 0 bridgehead atoms. The molecule has 0 aromatic carbocycles. The third-order valence-corrected chi connectivity index (χ3v) is 2.50. The smallest absolute Gasteiger partial charge is 0.261 e. The molecule has 1 aromatic heterocycles. The van der Waals surface area contributed by atoms with E-state index in [9.17, 15) is 13.9 Å². The van der Waals surface area contributed by atoms with E-state index in [0.717, 1.165) is 5.69 Å². The number of ether oxygens (including phenoxy) is 1. The number of aliphatic hydroxyl groups is 1.